The van der Waals surface area contributed by atoms with Gasteiger partial charge in [-0.05, 0) is 42.5 Å². The Morgan fingerprint density at radius 1 is 1.25 bits per heavy atom. The van der Waals surface area contributed by atoms with Crippen molar-refractivity contribution in [3.8, 4) is 18.1 Å². The standard InChI is InChI=1S/C12H9F3O/c1-2-8-5-10(9-3-4-9)7-11(6-8)16-12(13,14)15/h1,5-7,9H,3-4H2. The summed E-state index contributed by atoms with van der Waals surface area (Å²) >= 11 is 0. The van der Waals surface area contributed by atoms with Gasteiger partial charge < -0.3 is 4.74 Å². The van der Waals surface area contributed by atoms with E-state index in [2.05, 4.69) is 10.7 Å². The molecule has 0 unspecified atom stereocenters. The van der Waals surface area contributed by atoms with Crippen molar-refractivity contribution in [2.24, 2.45) is 0 Å². The van der Waals surface area contributed by atoms with E-state index in [-0.39, 0.29) is 5.75 Å². The van der Waals surface area contributed by atoms with E-state index in [1.165, 1.54) is 12.1 Å². The second-order valence-electron chi connectivity index (χ2n) is 3.76. The zero-order valence-corrected chi connectivity index (χ0v) is 8.34. The molecule has 1 fully saturated rings. The lowest BCUT2D eigenvalue weighted by atomic mass is 10.1. The fraction of sp³-hybridized carbons (Fsp3) is 0.333. The summed E-state index contributed by atoms with van der Waals surface area (Å²) in [5.74, 6) is 2.43. The Balaban J connectivity index is 2.30. The maximum absolute atomic E-state index is 12.1. The van der Waals surface area contributed by atoms with Gasteiger partial charge in [0.2, 0.25) is 0 Å². The maximum atomic E-state index is 12.1. The summed E-state index contributed by atoms with van der Waals surface area (Å²) in [5, 5.41) is 0. The molecule has 1 nitrogen and oxygen atoms in total. The van der Waals surface area contributed by atoms with Crippen molar-refractivity contribution in [1.29, 1.82) is 0 Å². The first-order valence-electron chi connectivity index (χ1n) is 4.85. The molecule has 0 heterocycles. The van der Waals surface area contributed by atoms with E-state index >= 15 is 0 Å². The molecule has 84 valence electrons. The van der Waals surface area contributed by atoms with Gasteiger partial charge in [0.15, 0.2) is 0 Å². The largest absolute Gasteiger partial charge is 0.573 e. The third-order valence-electron chi connectivity index (χ3n) is 2.38. The SMILES string of the molecule is C#Cc1cc(OC(F)(F)F)cc(C2CC2)c1. The van der Waals surface area contributed by atoms with Gasteiger partial charge in [0.25, 0.3) is 0 Å². The molecular formula is C12H9F3O. The van der Waals surface area contributed by atoms with Gasteiger partial charge >= 0.3 is 6.36 Å². The maximum Gasteiger partial charge on any atom is 0.573 e. The molecule has 0 bridgehead atoms. The third-order valence-corrected chi connectivity index (χ3v) is 2.38. The molecule has 1 saturated carbocycles. The van der Waals surface area contributed by atoms with Crippen LogP contribution >= 0.6 is 0 Å². The van der Waals surface area contributed by atoms with E-state index in [1.807, 2.05) is 0 Å². The molecule has 0 amide bonds. The Bertz CT molecular complexity index is 439. The molecule has 16 heavy (non-hydrogen) atoms. The molecule has 0 N–H and O–H groups in total. The topological polar surface area (TPSA) is 9.23 Å². The number of alkyl halides is 3. The van der Waals surface area contributed by atoms with Gasteiger partial charge in [-0.3, -0.25) is 0 Å². The van der Waals surface area contributed by atoms with Gasteiger partial charge in [0.1, 0.15) is 5.75 Å². The van der Waals surface area contributed by atoms with E-state index in [0.29, 0.717) is 11.5 Å². The molecule has 0 spiro atoms. The number of rotatable bonds is 2. The van der Waals surface area contributed by atoms with Crippen molar-refractivity contribution in [3.05, 3.63) is 29.3 Å². The normalized spacial score (nSPS) is 15.6. The highest BCUT2D eigenvalue weighted by Crippen LogP contribution is 2.42. The molecule has 1 aromatic rings. The summed E-state index contributed by atoms with van der Waals surface area (Å²) in [5.41, 5.74) is 1.25. The monoisotopic (exact) mass is 226 g/mol. The second-order valence-corrected chi connectivity index (χ2v) is 3.76. The fourth-order valence-electron chi connectivity index (χ4n) is 1.55. The van der Waals surface area contributed by atoms with Crippen LogP contribution in [-0.2, 0) is 0 Å². The number of benzene rings is 1. The Labute approximate surface area is 91.2 Å². The van der Waals surface area contributed by atoms with Crippen LogP contribution in [0.25, 0.3) is 0 Å². The summed E-state index contributed by atoms with van der Waals surface area (Å²) in [6.45, 7) is 0. The molecule has 1 aromatic carbocycles. The zero-order valence-electron chi connectivity index (χ0n) is 8.34. The average Bonchev–Trinajstić information content (AvgIpc) is 2.97. The molecule has 1 aliphatic rings. The number of terminal acetylenes is 1. The predicted octanol–water partition coefficient (Wildman–Crippen LogP) is 3.44. The van der Waals surface area contributed by atoms with Crippen molar-refractivity contribution in [2.75, 3.05) is 0 Å². The van der Waals surface area contributed by atoms with Crippen molar-refractivity contribution in [1.82, 2.24) is 0 Å². The van der Waals surface area contributed by atoms with E-state index in [0.717, 1.165) is 18.4 Å². The minimum atomic E-state index is -4.67. The van der Waals surface area contributed by atoms with Crippen LogP contribution in [0.4, 0.5) is 13.2 Å². The van der Waals surface area contributed by atoms with Crippen LogP contribution < -0.4 is 4.74 Å². The van der Waals surface area contributed by atoms with Crippen LogP contribution in [0.15, 0.2) is 18.2 Å². The number of hydrogen-bond donors (Lipinski definition) is 0. The van der Waals surface area contributed by atoms with Crippen molar-refractivity contribution in [3.63, 3.8) is 0 Å². The molecule has 1 aliphatic carbocycles. The first-order chi connectivity index (χ1) is 7.48. The van der Waals surface area contributed by atoms with Crippen LogP contribution in [0.5, 0.6) is 5.75 Å². The molecule has 0 aliphatic heterocycles. The third kappa shape index (κ3) is 2.69. The van der Waals surface area contributed by atoms with E-state index in [9.17, 15) is 13.2 Å². The fourth-order valence-corrected chi connectivity index (χ4v) is 1.55. The number of hydrogen-bond acceptors (Lipinski definition) is 1. The Morgan fingerprint density at radius 3 is 2.44 bits per heavy atom. The summed E-state index contributed by atoms with van der Waals surface area (Å²) in [7, 11) is 0. The van der Waals surface area contributed by atoms with Crippen molar-refractivity contribution in [2.45, 2.75) is 25.1 Å². The molecule has 0 radical (unpaired) electrons. The highest BCUT2D eigenvalue weighted by molar-refractivity contribution is 5.44. The van der Waals surface area contributed by atoms with Crippen molar-refractivity contribution < 1.29 is 17.9 Å². The Morgan fingerprint density at radius 2 is 1.94 bits per heavy atom. The van der Waals surface area contributed by atoms with Gasteiger partial charge in [-0.15, -0.1) is 19.6 Å². The minimum Gasteiger partial charge on any atom is -0.406 e. The minimum absolute atomic E-state index is 0.232. The van der Waals surface area contributed by atoms with Crippen LogP contribution in [0.3, 0.4) is 0 Å². The van der Waals surface area contributed by atoms with E-state index in [1.54, 1.807) is 6.07 Å². The molecular weight excluding hydrogens is 217 g/mol. The Kier molecular flexibility index (Phi) is 2.55. The summed E-state index contributed by atoms with van der Waals surface area (Å²) in [6, 6.07) is 4.37. The van der Waals surface area contributed by atoms with Crippen molar-refractivity contribution >= 4 is 0 Å². The number of halogens is 3. The highest BCUT2D eigenvalue weighted by Gasteiger charge is 2.32. The summed E-state index contributed by atoms with van der Waals surface area (Å²) in [6.07, 6.45) is 2.51. The smallest absolute Gasteiger partial charge is 0.406 e. The predicted molar refractivity (Wildman–Crippen MR) is 53.0 cm³/mol. The molecule has 0 saturated heterocycles. The van der Waals surface area contributed by atoms with Gasteiger partial charge in [-0.1, -0.05) is 5.92 Å². The number of ether oxygens (including phenoxy) is 1. The van der Waals surface area contributed by atoms with Crippen LogP contribution in [0, 0.1) is 12.3 Å². The summed E-state index contributed by atoms with van der Waals surface area (Å²) in [4.78, 5) is 0. The highest BCUT2D eigenvalue weighted by atomic mass is 19.4. The first-order valence-corrected chi connectivity index (χ1v) is 4.85. The summed E-state index contributed by atoms with van der Waals surface area (Å²) < 4.78 is 40.0. The van der Waals surface area contributed by atoms with Gasteiger partial charge in [-0.2, -0.15) is 0 Å². The Hall–Kier alpha value is -1.63. The molecule has 0 aromatic heterocycles. The molecule has 0 atom stereocenters. The van der Waals surface area contributed by atoms with Crippen LogP contribution in [0.2, 0.25) is 0 Å². The molecule has 4 heteroatoms. The van der Waals surface area contributed by atoms with E-state index < -0.39 is 6.36 Å². The zero-order chi connectivity index (χ0) is 11.8. The second kappa shape index (κ2) is 3.75. The van der Waals surface area contributed by atoms with Crippen LogP contribution in [-0.4, -0.2) is 6.36 Å². The van der Waals surface area contributed by atoms with Gasteiger partial charge in [0.05, 0.1) is 0 Å². The van der Waals surface area contributed by atoms with Crippen LogP contribution in [0.1, 0.15) is 29.9 Å². The van der Waals surface area contributed by atoms with E-state index in [4.69, 9.17) is 6.42 Å². The lowest BCUT2D eigenvalue weighted by molar-refractivity contribution is -0.274. The average molecular weight is 226 g/mol. The lowest BCUT2D eigenvalue weighted by Crippen LogP contribution is -2.17. The quantitative estimate of drug-likeness (QED) is 0.702. The van der Waals surface area contributed by atoms with Gasteiger partial charge in [0, 0.05) is 5.56 Å². The van der Waals surface area contributed by atoms with Gasteiger partial charge in [-0.25, -0.2) is 0 Å². The lowest BCUT2D eigenvalue weighted by Gasteiger charge is -2.10. The first kappa shape index (κ1) is 10.9. The molecule has 2 rings (SSSR count).